The zero-order valence-corrected chi connectivity index (χ0v) is 49.3. The van der Waals surface area contributed by atoms with Crippen LogP contribution in [-0.2, 0) is 74.9 Å². The van der Waals surface area contributed by atoms with Gasteiger partial charge in [0, 0.05) is 23.2 Å². The highest BCUT2D eigenvalue weighted by molar-refractivity contribution is 7.92. The molecule has 0 unspecified atom stereocenters. The number of nitrogens with one attached hydrogen (secondary N) is 1. The Kier molecular flexibility index (Phi) is 17.8. The highest BCUT2D eigenvalue weighted by Crippen LogP contribution is 2.50. The molecule has 0 amide bonds. The zero-order chi connectivity index (χ0) is 65.6. The van der Waals surface area contributed by atoms with E-state index in [4.69, 9.17) is 16.0 Å². The van der Waals surface area contributed by atoms with Crippen molar-refractivity contribution in [2.45, 2.75) is 29.4 Å². The summed E-state index contributed by atoms with van der Waals surface area (Å²) in [5.74, 6) is -3.26. The molecule has 0 radical (unpaired) electrons. The maximum atomic E-state index is 13.5. The normalized spacial score (nSPS) is 13.2. The number of phenols is 2. The van der Waals surface area contributed by atoms with Crippen molar-refractivity contribution in [2.24, 2.45) is 40.9 Å². The molecule has 466 valence electrons. The summed E-state index contributed by atoms with van der Waals surface area (Å²) < 4.78 is 230. The Labute approximate surface area is 500 Å². The number of hydrogen-bond donors (Lipinski definition) is 10. The van der Waals surface area contributed by atoms with Crippen LogP contribution in [0.25, 0.3) is 21.5 Å². The second-order valence-corrected chi connectivity index (χ2v) is 28.2. The summed E-state index contributed by atoms with van der Waals surface area (Å²) in [5.41, 5.74) is 6.61. The third-order valence-corrected chi connectivity index (χ3v) is 19.0. The number of anilines is 3. The molecule has 0 aliphatic rings. The molecule has 0 aliphatic carbocycles. The standard InChI is InChI=1S/C46H36N12O24S7/c47-40-33(53-49-26-7-13-30(14-8-26)83(63,64)18-17-82-89(79,80)81)22-34(85(67,68)69)32-21-37(88(76,77)78)44(46(60)39(32)40)56-51-24-1-3-28(4-2-24)57-84(65,66)31-15-9-27(10-16-31)52-55-43-36(87(73,74)75)20-23-19-35(86(70,71)72)42(41(48)38(23)45(43)59)54-50-25-5-11-29(12-6-25)58(61)62/h1-16,19-22,57,59-60H,17-18,47-48H2,(H,67,68,69)(H,70,71,72)(H,73,74,75)(H,76,77,78)(H,79,80,81). The first-order valence-electron chi connectivity index (χ1n) is 23.5. The number of hydrogen-bond acceptors (Lipinski definition) is 29. The van der Waals surface area contributed by atoms with E-state index in [1.807, 2.05) is 0 Å². The second kappa shape index (κ2) is 24.2. The van der Waals surface area contributed by atoms with Crippen LogP contribution in [0.15, 0.2) is 192 Å². The first-order valence-corrected chi connectivity index (χ1v) is 33.7. The van der Waals surface area contributed by atoms with E-state index >= 15 is 0 Å². The summed E-state index contributed by atoms with van der Waals surface area (Å²) in [5, 5.41) is 61.7. The average molecular weight is 1370 g/mol. The number of rotatable bonds is 21. The van der Waals surface area contributed by atoms with E-state index in [-0.39, 0.29) is 39.0 Å². The molecular formula is C46H36N12O24S7. The fraction of sp³-hybridized carbons (Fsp3) is 0.0435. The van der Waals surface area contributed by atoms with Gasteiger partial charge in [-0.15, -0.1) is 20.5 Å². The number of sulfone groups is 1. The Hall–Kier alpha value is -9.51. The molecule has 0 aliphatic heterocycles. The Morgan fingerprint density at radius 1 is 0.472 bits per heavy atom. The number of azo groups is 4. The predicted molar refractivity (Wildman–Crippen MR) is 309 cm³/mol. The Bertz CT molecular complexity index is 5240. The van der Waals surface area contributed by atoms with Gasteiger partial charge in [0.05, 0.1) is 72.0 Å². The summed E-state index contributed by atoms with van der Waals surface area (Å²) in [6.45, 7) is -0.929. The SMILES string of the molecule is Nc1c(N=Nc2ccc([N+](=O)[O-])cc2)c(S(=O)(=O)O)cc2cc(S(=O)(=O)O)c(N=Nc3ccc(S(=O)(=O)Nc4ccc(N=Nc5c(S(=O)(=O)O)cc6c(S(=O)(=O)O)cc(N=Nc7ccc(S(=O)(=O)CCOS(=O)(=O)O)cc7)c(N)c6c5O)cc4)cc3)c(O)c12. The molecule has 0 spiro atoms. The van der Waals surface area contributed by atoms with Crippen molar-refractivity contribution < 1.29 is 101 Å². The van der Waals surface area contributed by atoms with Crippen molar-refractivity contribution in [3.63, 3.8) is 0 Å². The van der Waals surface area contributed by atoms with Gasteiger partial charge in [0.15, 0.2) is 21.3 Å². The molecule has 8 rings (SSSR count). The van der Waals surface area contributed by atoms with Crippen molar-refractivity contribution >= 4 is 161 Å². The molecule has 8 aromatic rings. The molecule has 0 atom stereocenters. The second-order valence-electron chi connectivity index (χ2n) is 17.8. The number of fused-ring (bicyclic) bond motifs is 2. The van der Waals surface area contributed by atoms with Crippen LogP contribution < -0.4 is 16.2 Å². The quantitative estimate of drug-likeness (QED) is 0.0106. The van der Waals surface area contributed by atoms with Crippen molar-refractivity contribution in [3.8, 4) is 11.5 Å². The molecular weight excluding hydrogens is 1330 g/mol. The van der Waals surface area contributed by atoms with Crippen LogP contribution in [0.1, 0.15) is 0 Å². The Balaban J connectivity index is 1.04. The van der Waals surface area contributed by atoms with E-state index in [2.05, 4.69) is 49.8 Å². The maximum absolute atomic E-state index is 13.5. The van der Waals surface area contributed by atoms with Gasteiger partial charge in [-0.05, 0) is 115 Å². The smallest absolute Gasteiger partial charge is 0.397 e. The number of phenolic OH excluding ortho intramolecular Hbond substituents is 2. The third-order valence-electron chi connectivity index (χ3n) is 11.9. The topological polar surface area (TPSA) is 596 Å². The number of nitrogen functional groups attached to an aromatic ring is 2. The number of nitro groups is 1. The van der Waals surface area contributed by atoms with Crippen LogP contribution in [0.2, 0.25) is 0 Å². The molecule has 36 nitrogen and oxygen atoms in total. The van der Waals surface area contributed by atoms with E-state index in [0.717, 1.165) is 97.1 Å². The highest BCUT2D eigenvalue weighted by Gasteiger charge is 2.31. The summed E-state index contributed by atoms with van der Waals surface area (Å²) >= 11 is 0. The van der Waals surface area contributed by atoms with Gasteiger partial charge in [0.2, 0.25) is 0 Å². The lowest BCUT2D eigenvalue weighted by molar-refractivity contribution is -0.384. The van der Waals surface area contributed by atoms with Gasteiger partial charge in [-0.1, -0.05) is 0 Å². The number of sulfonamides is 1. The van der Waals surface area contributed by atoms with Gasteiger partial charge in [0.25, 0.3) is 56.2 Å². The zero-order valence-electron chi connectivity index (χ0n) is 43.6. The number of benzene rings is 8. The average Bonchev–Trinajstić information content (AvgIpc) is 1.92. The van der Waals surface area contributed by atoms with E-state index in [1.54, 1.807) is 0 Å². The molecule has 0 bridgehead atoms. The van der Waals surface area contributed by atoms with E-state index in [0.29, 0.717) is 24.3 Å². The molecule has 0 saturated carbocycles. The fourth-order valence-electron chi connectivity index (χ4n) is 7.87. The van der Waals surface area contributed by atoms with E-state index in [9.17, 15) is 97.5 Å². The van der Waals surface area contributed by atoms with Crippen molar-refractivity contribution in [3.05, 3.63) is 131 Å². The molecule has 8 aromatic carbocycles. The molecule has 0 aromatic heterocycles. The number of nitrogens with two attached hydrogens (primary N) is 2. The lowest BCUT2D eigenvalue weighted by atomic mass is 10.0. The molecule has 89 heavy (non-hydrogen) atoms. The monoisotopic (exact) mass is 1360 g/mol. The number of non-ortho nitro benzene ring substituents is 1. The van der Waals surface area contributed by atoms with E-state index in [1.165, 1.54) is 0 Å². The minimum atomic E-state index is -5.45. The minimum Gasteiger partial charge on any atom is -0.505 e. The fourth-order valence-corrected chi connectivity index (χ4v) is 13.1. The third kappa shape index (κ3) is 14.9. The molecule has 12 N–H and O–H groups in total. The highest BCUT2D eigenvalue weighted by atomic mass is 32.3. The van der Waals surface area contributed by atoms with Gasteiger partial charge < -0.3 is 21.7 Å². The van der Waals surface area contributed by atoms with Crippen molar-refractivity contribution in [1.29, 1.82) is 0 Å². The maximum Gasteiger partial charge on any atom is 0.397 e. The molecule has 0 fully saturated rings. The van der Waals surface area contributed by atoms with Crippen molar-refractivity contribution in [1.82, 2.24) is 0 Å². The Morgan fingerprint density at radius 2 is 0.876 bits per heavy atom. The lowest BCUT2D eigenvalue weighted by Gasteiger charge is -2.14. The summed E-state index contributed by atoms with van der Waals surface area (Å²) in [6.07, 6.45) is 0. The first-order chi connectivity index (χ1) is 41.2. The van der Waals surface area contributed by atoms with Crippen LogP contribution in [0.4, 0.5) is 68.2 Å². The number of aromatic hydroxyl groups is 2. The van der Waals surface area contributed by atoms with Crippen LogP contribution in [0.5, 0.6) is 11.5 Å². The van der Waals surface area contributed by atoms with E-state index < -0.39 is 180 Å². The molecule has 0 saturated heterocycles. The van der Waals surface area contributed by atoms with Gasteiger partial charge in [0.1, 0.15) is 42.3 Å². The van der Waals surface area contributed by atoms with Crippen LogP contribution >= 0.6 is 0 Å². The van der Waals surface area contributed by atoms with Crippen LogP contribution in [0.3, 0.4) is 0 Å². The lowest BCUT2D eigenvalue weighted by Crippen LogP contribution is -2.15. The summed E-state index contributed by atoms with van der Waals surface area (Å²) in [6, 6.07) is 19.5. The van der Waals surface area contributed by atoms with Crippen LogP contribution in [-0.4, -0.2) is 109 Å². The Morgan fingerprint density at radius 3 is 1.34 bits per heavy atom. The van der Waals surface area contributed by atoms with Gasteiger partial charge >= 0.3 is 10.4 Å². The number of nitrogens with zero attached hydrogens (tertiary/aromatic N) is 9. The van der Waals surface area contributed by atoms with Gasteiger partial charge in [-0.3, -0.25) is 37.6 Å². The minimum absolute atomic E-state index is 0.0756. The largest absolute Gasteiger partial charge is 0.505 e. The molecule has 43 heteroatoms. The number of nitro benzene ring substituents is 1. The summed E-state index contributed by atoms with van der Waals surface area (Å²) in [4.78, 5) is 4.96. The van der Waals surface area contributed by atoms with Crippen molar-refractivity contribution in [2.75, 3.05) is 28.5 Å². The van der Waals surface area contributed by atoms with Gasteiger partial charge in [-0.25, -0.2) is 21.0 Å². The van der Waals surface area contributed by atoms with Crippen LogP contribution in [0, 0.1) is 10.1 Å². The first kappa shape index (κ1) is 65.5. The predicted octanol–water partition coefficient (Wildman–Crippen LogP) is 8.52. The summed E-state index contributed by atoms with van der Waals surface area (Å²) in [7, 11) is -35.0. The van der Waals surface area contributed by atoms with Gasteiger partial charge in [-0.2, -0.15) is 62.5 Å². The molecule has 0 heterocycles.